The molecule has 0 radical (unpaired) electrons. The van der Waals surface area contributed by atoms with Gasteiger partial charge in [0.2, 0.25) is 0 Å². The quantitative estimate of drug-likeness (QED) is 0.231. The van der Waals surface area contributed by atoms with Crippen LogP contribution in [0.3, 0.4) is 0 Å². The molecule has 3 aromatic rings. The second-order valence-corrected chi connectivity index (χ2v) is 16.0. The molecule has 0 aromatic heterocycles. The number of halogens is 9. The van der Waals surface area contributed by atoms with E-state index in [9.17, 15) is 4.57 Å². The Balaban J connectivity index is 2.21. The lowest BCUT2D eigenvalue weighted by Gasteiger charge is -2.24. The van der Waals surface area contributed by atoms with Gasteiger partial charge in [-0.2, -0.15) is 4.57 Å². The van der Waals surface area contributed by atoms with Crippen LogP contribution in [0.4, 0.5) is 0 Å². The average molecular weight is 1080 g/mol. The highest BCUT2D eigenvalue weighted by Crippen LogP contribution is 2.58. The Bertz CT molecular complexity index is 1230. The number of phosphoric acid groups is 1. The van der Waals surface area contributed by atoms with Gasteiger partial charge in [-0.25, -0.2) is 0 Å². The average Bonchev–Trinajstić information content (AvgIpc) is 2.78. The first-order valence-electron chi connectivity index (χ1n) is 9.28. The van der Waals surface area contributed by atoms with Crippen molar-refractivity contribution in [2.45, 2.75) is 20.8 Å². The molecule has 35 heavy (non-hydrogen) atoms. The molecule has 0 heterocycles. The molecule has 0 aliphatic heterocycles. The molecular weight excluding hydrogens is 1070 g/mol. The fraction of sp³-hybridized carbons (Fsp3) is 0.143. The lowest BCUT2D eigenvalue weighted by atomic mass is 10.2. The molecule has 14 heteroatoms. The third-order valence-corrected chi connectivity index (χ3v) is 13.0. The maximum atomic E-state index is 14.4. The minimum absolute atomic E-state index is 0.260. The van der Waals surface area contributed by atoms with Crippen LogP contribution in [0.2, 0.25) is 0 Å². The molecule has 3 aromatic carbocycles. The van der Waals surface area contributed by atoms with E-state index in [2.05, 4.69) is 143 Å². The van der Waals surface area contributed by atoms with Crippen LogP contribution in [0.25, 0.3) is 0 Å². The first-order chi connectivity index (χ1) is 16.2. The maximum absolute atomic E-state index is 14.4. The van der Waals surface area contributed by atoms with Crippen molar-refractivity contribution in [3.05, 3.63) is 75.1 Å². The van der Waals surface area contributed by atoms with Crippen molar-refractivity contribution in [2.75, 3.05) is 0 Å². The van der Waals surface area contributed by atoms with Gasteiger partial charge in [0.15, 0.2) is 17.2 Å². The zero-order valence-electron chi connectivity index (χ0n) is 17.7. The van der Waals surface area contributed by atoms with E-state index in [0.29, 0.717) is 26.8 Å². The Morgan fingerprint density at radius 2 is 0.714 bits per heavy atom. The molecule has 0 aliphatic carbocycles. The predicted molar refractivity (Wildman–Crippen MR) is 172 cm³/mol. The van der Waals surface area contributed by atoms with Gasteiger partial charge >= 0.3 is 7.82 Å². The summed E-state index contributed by atoms with van der Waals surface area (Å²) in [5.74, 6) is 0.781. The summed E-state index contributed by atoms with van der Waals surface area (Å²) in [6, 6.07) is 5.39. The van der Waals surface area contributed by atoms with Crippen molar-refractivity contribution in [3.8, 4) is 17.2 Å². The number of benzene rings is 3. The second kappa shape index (κ2) is 12.4. The third-order valence-electron chi connectivity index (χ3n) is 4.68. The number of hydrogen-bond acceptors (Lipinski definition) is 4. The molecule has 0 spiro atoms. The summed E-state index contributed by atoms with van der Waals surface area (Å²) >= 11 is 31.6. The first kappa shape index (κ1) is 31.1. The van der Waals surface area contributed by atoms with Crippen molar-refractivity contribution in [3.63, 3.8) is 0 Å². The van der Waals surface area contributed by atoms with Crippen LogP contribution < -0.4 is 13.6 Å². The summed E-state index contributed by atoms with van der Waals surface area (Å²) in [5.41, 5.74) is 2.54. The fourth-order valence-corrected chi connectivity index (χ4v) is 11.6. The lowest BCUT2D eigenvalue weighted by molar-refractivity contribution is 0.294. The third kappa shape index (κ3) is 6.85. The zero-order valence-corrected chi connectivity index (χ0v) is 32.9. The molecule has 0 fully saturated rings. The predicted octanol–water partition coefficient (Wildman–Crippen LogP) is 13.1. The van der Waals surface area contributed by atoms with Crippen LogP contribution in [0, 0.1) is 20.8 Å². The lowest BCUT2D eigenvalue weighted by Crippen LogP contribution is -2.10. The number of hydrogen-bond donors (Lipinski definition) is 0. The van der Waals surface area contributed by atoms with E-state index < -0.39 is 7.82 Å². The number of rotatable bonds is 6. The minimum atomic E-state index is -4.38. The van der Waals surface area contributed by atoms with Crippen molar-refractivity contribution in [2.24, 2.45) is 0 Å². The van der Waals surface area contributed by atoms with Crippen LogP contribution in [0.5, 0.6) is 17.2 Å². The highest BCUT2D eigenvalue weighted by molar-refractivity contribution is 9.12. The van der Waals surface area contributed by atoms with Crippen LogP contribution in [-0.2, 0) is 4.57 Å². The Kier molecular flexibility index (Phi) is 11.0. The molecular formula is C21H12Br9O4P. The monoisotopic (exact) mass is 1070 g/mol. The SMILES string of the molecule is Cc1c(Br)cc(Br)c(OP(=O)(Oc2c(Br)cc(Br)c(C)c2Br)Oc2c(Br)cc(Br)c(C)c2Br)c1Br. The van der Waals surface area contributed by atoms with Crippen molar-refractivity contribution >= 4 is 151 Å². The maximum Gasteiger partial charge on any atom is 0.647 e. The standard InChI is InChI=1S/C21H12Br9O4P/c1-7-10(22)4-13(25)19(16(7)28)32-35(31,33-20-14(26)5-11(23)8(2)17(20)29)34-21-15(27)6-12(24)9(3)18(21)30/h4-6H,1-3H3. The molecule has 3 rings (SSSR count). The minimum Gasteiger partial charge on any atom is -0.383 e. The van der Waals surface area contributed by atoms with Crippen LogP contribution in [0.1, 0.15) is 16.7 Å². The second-order valence-electron chi connectivity index (χ2n) is 7.05. The van der Waals surface area contributed by atoms with E-state index in [0.717, 1.165) is 30.1 Å². The van der Waals surface area contributed by atoms with Crippen molar-refractivity contribution in [1.29, 1.82) is 0 Å². The summed E-state index contributed by atoms with van der Waals surface area (Å²) in [6.07, 6.45) is 0. The summed E-state index contributed by atoms with van der Waals surface area (Å²) in [5, 5.41) is 0. The van der Waals surface area contributed by atoms with E-state index in [1.165, 1.54) is 0 Å². The van der Waals surface area contributed by atoms with Gasteiger partial charge in [-0.3, -0.25) is 0 Å². The highest BCUT2D eigenvalue weighted by atomic mass is 79.9. The molecule has 0 unspecified atom stereocenters. The van der Waals surface area contributed by atoms with Gasteiger partial charge in [-0.05, 0) is 151 Å². The number of phosphoric ester groups is 1. The summed E-state index contributed by atoms with van der Waals surface area (Å²) in [4.78, 5) is 0. The topological polar surface area (TPSA) is 44.8 Å². The largest absolute Gasteiger partial charge is 0.647 e. The normalized spacial score (nSPS) is 11.5. The van der Waals surface area contributed by atoms with E-state index in [4.69, 9.17) is 13.6 Å². The van der Waals surface area contributed by atoms with E-state index >= 15 is 0 Å². The zero-order chi connectivity index (χ0) is 26.4. The van der Waals surface area contributed by atoms with Crippen molar-refractivity contribution < 1.29 is 18.1 Å². The van der Waals surface area contributed by atoms with Crippen LogP contribution in [-0.4, -0.2) is 0 Å². The molecule has 0 saturated carbocycles. The van der Waals surface area contributed by atoms with Crippen molar-refractivity contribution in [1.82, 2.24) is 0 Å². The Morgan fingerprint density at radius 3 is 0.943 bits per heavy atom. The highest BCUT2D eigenvalue weighted by Gasteiger charge is 2.38. The smallest absolute Gasteiger partial charge is 0.383 e. The van der Waals surface area contributed by atoms with Crippen LogP contribution in [0.15, 0.2) is 58.5 Å². The van der Waals surface area contributed by atoms with E-state index in [-0.39, 0.29) is 17.2 Å². The first-order valence-corrected chi connectivity index (χ1v) is 17.9. The molecule has 4 nitrogen and oxygen atoms in total. The molecule has 0 amide bonds. The Morgan fingerprint density at radius 1 is 0.486 bits per heavy atom. The summed E-state index contributed by atoms with van der Waals surface area (Å²) < 4.78 is 38.5. The summed E-state index contributed by atoms with van der Waals surface area (Å²) in [6.45, 7) is 5.66. The Hall–Kier alpha value is 1.61. The fourth-order valence-electron chi connectivity index (χ4n) is 2.64. The summed E-state index contributed by atoms with van der Waals surface area (Å²) in [7, 11) is -4.38. The molecule has 0 bridgehead atoms. The molecule has 0 N–H and O–H groups in total. The van der Waals surface area contributed by atoms with Gasteiger partial charge in [-0.1, -0.05) is 47.8 Å². The van der Waals surface area contributed by atoms with E-state index in [1.54, 1.807) is 18.2 Å². The van der Waals surface area contributed by atoms with Crippen LogP contribution >= 0.6 is 151 Å². The van der Waals surface area contributed by atoms with Gasteiger partial charge in [0.25, 0.3) is 0 Å². The molecule has 0 atom stereocenters. The Labute approximate surface area is 278 Å². The van der Waals surface area contributed by atoms with E-state index in [1.807, 2.05) is 20.8 Å². The van der Waals surface area contributed by atoms with Gasteiger partial charge < -0.3 is 13.6 Å². The van der Waals surface area contributed by atoms with Gasteiger partial charge in [0.05, 0.1) is 26.8 Å². The molecule has 188 valence electrons. The van der Waals surface area contributed by atoms with Gasteiger partial charge in [0, 0.05) is 13.4 Å². The molecule has 0 saturated heterocycles. The molecule has 0 aliphatic rings. The van der Waals surface area contributed by atoms with Gasteiger partial charge in [0.1, 0.15) is 0 Å². The van der Waals surface area contributed by atoms with Gasteiger partial charge in [-0.15, -0.1) is 0 Å².